The summed E-state index contributed by atoms with van der Waals surface area (Å²) in [7, 11) is 0. The lowest BCUT2D eigenvalue weighted by atomic mass is 10.3. The Kier molecular flexibility index (Phi) is 4.01. The third-order valence-corrected chi connectivity index (χ3v) is 2.22. The van der Waals surface area contributed by atoms with Gasteiger partial charge in [0.25, 0.3) is 0 Å². The molecule has 0 spiro atoms. The largest absolute Gasteiger partial charge is 0.332 e. The molecule has 100 valence electrons. The van der Waals surface area contributed by atoms with Gasteiger partial charge in [0.2, 0.25) is 0 Å². The molecule has 0 aromatic carbocycles. The first-order valence-corrected chi connectivity index (χ1v) is 5.65. The van der Waals surface area contributed by atoms with Crippen molar-refractivity contribution < 1.29 is 13.7 Å². The standard InChI is InChI=1S/C11H12FN5O2/c1-2-9-15-11(19-17-9)16-10(18)14-6-8-4-3-7(12)5-13-8/h3-5H,2,6H2,1H3,(H2,14,15,16,17,18). The number of hydrogen-bond acceptors (Lipinski definition) is 5. The number of anilines is 1. The van der Waals surface area contributed by atoms with Gasteiger partial charge >= 0.3 is 12.0 Å². The van der Waals surface area contributed by atoms with Crippen molar-refractivity contribution in [2.24, 2.45) is 0 Å². The lowest BCUT2D eigenvalue weighted by Crippen LogP contribution is -2.28. The summed E-state index contributed by atoms with van der Waals surface area (Å²) >= 11 is 0. The highest BCUT2D eigenvalue weighted by molar-refractivity contribution is 5.86. The number of nitrogens with one attached hydrogen (secondary N) is 2. The number of aromatic nitrogens is 3. The molecule has 0 aliphatic carbocycles. The molecule has 0 aliphatic heterocycles. The molecule has 0 unspecified atom stereocenters. The zero-order chi connectivity index (χ0) is 13.7. The average Bonchev–Trinajstić information content (AvgIpc) is 2.86. The van der Waals surface area contributed by atoms with Gasteiger partial charge in [-0.05, 0) is 12.1 Å². The zero-order valence-corrected chi connectivity index (χ0v) is 10.2. The van der Waals surface area contributed by atoms with Crippen LogP contribution in [0.3, 0.4) is 0 Å². The van der Waals surface area contributed by atoms with Crippen molar-refractivity contribution in [1.29, 1.82) is 0 Å². The van der Waals surface area contributed by atoms with Gasteiger partial charge in [-0.2, -0.15) is 4.98 Å². The molecule has 2 rings (SSSR count). The Morgan fingerprint density at radius 1 is 1.47 bits per heavy atom. The van der Waals surface area contributed by atoms with Crippen molar-refractivity contribution in [3.8, 4) is 0 Å². The van der Waals surface area contributed by atoms with Gasteiger partial charge in [0.15, 0.2) is 5.82 Å². The van der Waals surface area contributed by atoms with Crippen LogP contribution in [-0.4, -0.2) is 21.2 Å². The lowest BCUT2D eigenvalue weighted by Gasteiger charge is -2.03. The Labute approximate surface area is 108 Å². The van der Waals surface area contributed by atoms with Crippen LogP contribution in [0.25, 0.3) is 0 Å². The molecule has 0 saturated carbocycles. The number of amides is 2. The predicted molar refractivity (Wildman–Crippen MR) is 63.7 cm³/mol. The minimum absolute atomic E-state index is 0.0291. The molecule has 2 heterocycles. The van der Waals surface area contributed by atoms with Gasteiger partial charge in [0.1, 0.15) is 5.82 Å². The third-order valence-electron chi connectivity index (χ3n) is 2.22. The molecule has 19 heavy (non-hydrogen) atoms. The van der Waals surface area contributed by atoms with Crippen molar-refractivity contribution in [2.75, 3.05) is 5.32 Å². The maximum Gasteiger partial charge on any atom is 0.329 e. The van der Waals surface area contributed by atoms with Crippen molar-refractivity contribution in [3.05, 3.63) is 35.7 Å². The van der Waals surface area contributed by atoms with Gasteiger partial charge in [-0.15, -0.1) is 0 Å². The summed E-state index contributed by atoms with van der Waals surface area (Å²) in [4.78, 5) is 19.2. The number of pyridine rings is 1. The van der Waals surface area contributed by atoms with Crippen LogP contribution < -0.4 is 10.6 Å². The minimum Gasteiger partial charge on any atom is -0.332 e. The van der Waals surface area contributed by atoms with E-state index in [1.165, 1.54) is 12.1 Å². The number of urea groups is 1. The predicted octanol–water partition coefficient (Wildman–Crippen LogP) is 1.49. The molecule has 2 N–H and O–H groups in total. The number of rotatable bonds is 4. The van der Waals surface area contributed by atoms with Crippen molar-refractivity contribution in [1.82, 2.24) is 20.4 Å². The lowest BCUT2D eigenvalue weighted by molar-refractivity contribution is 0.250. The second-order valence-corrected chi connectivity index (χ2v) is 3.64. The van der Waals surface area contributed by atoms with E-state index in [1.54, 1.807) is 0 Å². The molecular weight excluding hydrogens is 253 g/mol. The summed E-state index contributed by atoms with van der Waals surface area (Å²) in [5.41, 5.74) is 0.538. The topological polar surface area (TPSA) is 92.9 Å². The van der Waals surface area contributed by atoms with E-state index >= 15 is 0 Å². The molecule has 7 nitrogen and oxygen atoms in total. The maximum absolute atomic E-state index is 12.6. The average molecular weight is 265 g/mol. The quantitative estimate of drug-likeness (QED) is 0.873. The maximum atomic E-state index is 12.6. The molecule has 0 aliphatic rings. The molecule has 0 bridgehead atoms. The summed E-state index contributed by atoms with van der Waals surface area (Å²) in [5, 5.41) is 8.55. The first-order chi connectivity index (χ1) is 9.17. The second-order valence-electron chi connectivity index (χ2n) is 3.64. The first-order valence-electron chi connectivity index (χ1n) is 5.65. The van der Waals surface area contributed by atoms with E-state index in [0.717, 1.165) is 6.20 Å². The Balaban J connectivity index is 1.82. The Bertz CT molecular complexity index is 554. The van der Waals surface area contributed by atoms with Crippen molar-refractivity contribution >= 4 is 12.0 Å². The van der Waals surface area contributed by atoms with E-state index in [9.17, 15) is 9.18 Å². The molecular formula is C11H12FN5O2. The summed E-state index contributed by atoms with van der Waals surface area (Å²) in [6.07, 6.45) is 1.70. The summed E-state index contributed by atoms with van der Waals surface area (Å²) in [6.45, 7) is 2.04. The molecule has 2 aromatic heterocycles. The van der Waals surface area contributed by atoms with Crippen LogP contribution in [0.1, 0.15) is 18.4 Å². The number of hydrogen-bond donors (Lipinski definition) is 2. The van der Waals surface area contributed by atoms with Crippen molar-refractivity contribution in [2.45, 2.75) is 19.9 Å². The van der Waals surface area contributed by atoms with E-state index in [1.807, 2.05) is 6.92 Å². The fourth-order valence-corrected chi connectivity index (χ4v) is 1.27. The van der Waals surface area contributed by atoms with E-state index in [2.05, 4.69) is 25.8 Å². The van der Waals surface area contributed by atoms with Gasteiger partial charge in [0.05, 0.1) is 18.4 Å². The SMILES string of the molecule is CCc1noc(NC(=O)NCc2ccc(F)cn2)n1. The number of carbonyl (C=O) groups excluding carboxylic acids is 1. The van der Waals surface area contributed by atoms with Gasteiger partial charge < -0.3 is 9.84 Å². The Morgan fingerprint density at radius 2 is 2.32 bits per heavy atom. The molecule has 0 atom stereocenters. The van der Waals surface area contributed by atoms with Crippen LogP contribution in [0.5, 0.6) is 0 Å². The Morgan fingerprint density at radius 3 is 2.95 bits per heavy atom. The highest BCUT2D eigenvalue weighted by Gasteiger charge is 2.08. The molecule has 8 heteroatoms. The van der Waals surface area contributed by atoms with Gasteiger partial charge in [-0.3, -0.25) is 10.3 Å². The monoisotopic (exact) mass is 265 g/mol. The number of halogens is 1. The first kappa shape index (κ1) is 12.9. The van der Waals surface area contributed by atoms with Crippen LogP contribution in [0.2, 0.25) is 0 Å². The van der Waals surface area contributed by atoms with E-state index in [-0.39, 0.29) is 12.6 Å². The van der Waals surface area contributed by atoms with Crippen molar-refractivity contribution in [3.63, 3.8) is 0 Å². The smallest absolute Gasteiger partial charge is 0.329 e. The summed E-state index contributed by atoms with van der Waals surface area (Å²) in [5.74, 6) is 0.0849. The van der Waals surface area contributed by atoms with Crippen LogP contribution in [-0.2, 0) is 13.0 Å². The minimum atomic E-state index is -0.502. The number of nitrogens with zero attached hydrogens (tertiary/aromatic N) is 3. The van der Waals surface area contributed by atoms with Crippen LogP contribution >= 0.6 is 0 Å². The summed E-state index contributed by atoms with van der Waals surface area (Å²) < 4.78 is 17.4. The number of aryl methyl sites for hydroxylation is 1. The highest BCUT2D eigenvalue weighted by Crippen LogP contribution is 2.03. The molecule has 0 saturated heterocycles. The Hall–Kier alpha value is -2.51. The highest BCUT2D eigenvalue weighted by atomic mass is 19.1. The van der Waals surface area contributed by atoms with Crippen LogP contribution in [0, 0.1) is 5.82 Å². The third kappa shape index (κ3) is 3.73. The zero-order valence-electron chi connectivity index (χ0n) is 10.2. The van der Waals surface area contributed by atoms with E-state index in [4.69, 9.17) is 4.52 Å². The second kappa shape index (κ2) is 5.89. The molecule has 0 fully saturated rings. The van der Waals surface area contributed by atoms with Crippen LogP contribution in [0.15, 0.2) is 22.9 Å². The fraction of sp³-hybridized carbons (Fsp3) is 0.273. The van der Waals surface area contributed by atoms with Gasteiger partial charge in [0, 0.05) is 6.42 Å². The van der Waals surface area contributed by atoms with E-state index in [0.29, 0.717) is 17.9 Å². The fourth-order valence-electron chi connectivity index (χ4n) is 1.27. The molecule has 2 amide bonds. The summed E-state index contributed by atoms with van der Waals surface area (Å²) in [6, 6.07) is 2.28. The normalized spacial score (nSPS) is 10.2. The molecule has 0 radical (unpaired) electrons. The van der Waals surface area contributed by atoms with Gasteiger partial charge in [-0.1, -0.05) is 12.1 Å². The van der Waals surface area contributed by atoms with Crippen LogP contribution in [0.4, 0.5) is 15.2 Å². The molecule has 2 aromatic rings. The van der Waals surface area contributed by atoms with E-state index < -0.39 is 11.8 Å². The number of carbonyl (C=O) groups is 1. The van der Waals surface area contributed by atoms with Gasteiger partial charge in [-0.25, -0.2) is 9.18 Å².